The molecule has 9 N–H and O–H groups in total. The molecule has 0 radical (unpaired) electrons. The molecule has 254 valence electrons. The minimum absolute atomic E-state index is 0.0294. The first-order chi connectivity index (χ1) is 20.5. The van der Waals surface area contributed by atoms with Gasteiger partial charge in [0.05, 0.1) is 13.2 Å². The molecule has 0 amide bonds. The van der Waals surface area contributed by atoms with Gasteiger partial charge in [-0.2, -0.15) is 0 Å². The molecule has 0 aliphatic carbocycles. The standard InChI is InChI=1S/C18H34O2.C12H22O11/c1-2-3-4-5-6-7-8-9-10-11-12-13-14-15-16-17-18(19)20;13-1-4(16)7(18)11(5(17)2-14)23-12-10(21)9(20)8(19)6(3-15)22-12/h9-10H,2-8,11-17H2,1H3,(H,19,20);1,4-12,14-21H,2-3H2. The molecule has 1 heterocycles. The Morgan fingerprint density at radius 1 is 0.814 bits per heavy atom. The van der Waals surface area contributed by atoms with E-state index in [1.807, 2.05) is 0 Å². The van der Waals surface area contributed by atoms with Crippen molar-refractivity contribution in [3.8, 4) is 0 Å². The van der Waals surface area contributed by atoms with Crippen LogP contribution in [0.1, 0.15) is 96.8 Å². The quantitative estimate of drug-likeness (QED) is 0.0430. The Morgan fingerprint density at radius 2 is 1.35 bits per heavy atom. The number of unbranched alkanes of at least 4 members (excludes halogenated alkanes) is 11. The first-order valence-corrected chi connectivity index (χ1v) is 15.5. The van der Waals surface area contributed by atoms with Gasteiger partial charge in [-0.25, -0.2) is 0 Å². The molecule has 0 spiro atoms. The molecule has 0 bridgehead atoms. The van der Waals surface area contributed by atoms with Crippen LogP contribution in [-0.2, 0) is 19.1 Å². The molecule has 13 nitrogen and oxygen atoms in total. The van der Waals surface area contributed by atoms with Gasteiger partial charge in [0.2, 0.25) is 0 Å². The average molecular weight is 625 g/mol. The van der Waals surface area contributed by atoms with Crippen LogP contribution < -0.4 is 0 Å². The van der Waals surface area contributed by atoms with Crippen molar-refractivity contribution >= 4 is 12.3 Å². The third-order valence-electron chi connectivity index (χ3n) is 7.18. The van der Waals surface area contributed by atoms with Crippen molar-refractivity contribution in [2.45, 2.75) is 152 Å². The summed E-state index contributed by atoms with van der Waals surface area (Å²) in [5, 5.41) is 84.3. The first-order valence-electron chi connectivity index (χ1n) is 15.5. The summed E-state index contributed by atoms with van der Waals surface area (Å²) < 4.78 is 10.1. The lowest BCUT2D eigenvalue weighted by atomic mass is 9.98. The Morgan fingerprint density at radius 3 is 1.84 bits per heavy atom. The molecule has 13 heteroatoms. The lowest BCUT2D eigenvalue weighted by Gasteiger charge is -2.42. The minimum Gasteiger partial charge on any atom is -0.481 e. The average Bonchev–Trinajstić information content (AvgIpc) is 3.00. The van der Waals surface area contributed by atoms with Crippen LogP contribution in [0, 0.1) is 0 Å². The summed E-state index contributed by atoms with van der Waals surface area (Å²) >= 11 is 0. The SMILES string of the molecule is CCCCCCCCC=CCCCCCCCC(=O)O.O=CC(O)C(O)C(OC1OC(CO)C(O)C(O)C1O)C(O)CO. The van der Waals surface area contributed by atoms with Gasteiger partial charge in [0, 0.05) is 6.42 Å². The molecule has 1 fully saturated rings. The number of aliphatic carboxylic acids is 1. The monoisotopic (exact) mass is 624 g/mol. The summed E-state index contributed by atoms with van der Waals surface area (Å²) in [5.74, 6) is -0.664. The normalized spacial score (nSPS) is 25.0. The zero-order valence-electron chi connectivity index (χ0n) is 25.4. The molecule has 43 heavy (non-hydrogen) atoms. The largest absolute Gasteiger partial charge is 0.481 e. The van der Waals surface area contributed by atoms with E-state index in [2.05, 4.69) is 19.1 Å². The number of carboxylic acids is 1. The van der Waals surface area contributed by atoms with Crippen LogP contribution in [0.25, 0.3) is 0 Å². The number of hydrogen-bond acceptors (Lipinski definition) is 12. The summed E-state index contributed by atoms with van der Waals surface area (Å²) in [6, 6.07) is 0. The fourth-order valence-corrected chi connectivity index (χ4v) is 4.46. The number of rotatable bonds is 23. The van der Waals surface area contributed by atoms with E-state index in [0.29, 0.717) is 6.42 Å². The highest BCUT2D eigenvalue weighted by Gasteiger charge is 2.46. The number of ether oxygens (including phenoxy) is 2. The smallest absolute Gasteiger partial charge is 0.303 e. The number of hydrogen-bond donors (Lipinski definition) is 9. The van der Waals surface area contributed by atoms with Gasteiger partial charge in [-0.15, -0.1) is 0 Å². The van der Waals surface area contributed by atoms with E-state index in [1.165, 1.54) is 70.6 Å². The third kappa shape index (κ3) is 18.1. The maximum Gasteiger partial charge on any atom is 0.303 e. The number of aliphatic hydroxyl groups is 8. The summed E-state index contributed by atoms with van der Waals surface area (Å²) in [5.41, 5.74) is 0. The minimum atomic E-state index is -1.97. The molecule has 0 aromatic heterocycles. The molecule has 1 aliphatic heterocycles. The number of aldehydes is 1. The maximum absolute atomic E-state index is 10.5. The zero-order chi connectivity index (χ0) is 32.6. The van der Waals surface area contributed by atoms with Crippen LogP contribution in [0.3, 0.4) is 0 Å². The fraction of sp³-hybridized carbons (Fsp3) is 0.867. The molecular weight excluding hydrogens is 568 g/mol. The third-order valence-corrected chi connectivity index (χ3v) is 7.18. The van der Waals surface area contributed by atoms with Crippen molar-refractivity contribution < 1.29 is 65.0 Å². The lowest BCUT2D eigenvalue weighted by Crippen LogP contribution is -2.61. The Balaban J connectivity index is 0.000000830. The Labute approximate surface area is 254 Å². The van der Waals surface area contributed by atoms with E-state index in [4.69, 9.17) is 24.8 Å². The molecule has 0 aromatic carbocycles. The van der Waals surface area contributed by atoms with E-state index in [-0.39, 0.29) is 6.29 Å². The van der Waals surface area contributed by atoms with Crippen molar-refractivity contribution in [3.05, 3.63) is 12.2 Å². The summed E-state index contributed by atoms with van der Waals surface area (Å²) in [6.07, 6.45) is 5.54. The van der Waals surface area contributed by atoms with E-state index in [9.17, 15) is 40.2 Å². The molecule has 1 aliphatic rings. The number of carboxylic acid groups (broad SMARTS) is 1. The van der Waals surface area contributed by atoms with Crippen LogP contribution in [0.2, 0.25) is 0 Å². The van der Waals surface area contributed by atoms with E-state index in [1.54, 1.807) is 0 Å². The topological polar surface area (TPSA) is 235 Å². The highest BCUT2D eigenvalue weighted by atomic mass is 16.7. The van der Waals surface area contributed by atoms with Gasteiger partial charge in [0.25, 0.3) is 0 Å². The van der Waals surface area contributed by atoms with E-state index in [0.717, 1.165) is 12.8 Å². The Kier molecular flexibility index (Phi) is 24.9. The highest BCUT2D eigenvalue weighted by Crippen LogP contribution is 2.24. The van der Waals surface area contributed by atoms with Crippen LogP contribution >= 0.6 is 0 Å². The number of carbonyl (C=O) groups excluding carboxylic acids is 1. The van der Waals surface area contributed by atoms with Gasteiger partial charge in [-0.3, -0.25) is 4.79 Å². The van der Waals surface area contributed by atoms with Gasteiger partial charge in [-0.05, 0) is 32.1 Å². The second kappa shape index (κ2) is 25.8. The summed E-state index contributed by atoms with van der Waals surface area (Å²) in [7, 11) is 0. The fourth-order valence-electron chi connectivity index (χ4n) is 4.46. The molecule has 9 atom stereocenters. The van der Waals surface area contributed by atoms with Crippen molar-refractivity contribution in [1.29, 1.82) is 0 Å². The van der Waals surface area contributed by atoms with Crippen molar-refractivity contribution in [3.63, 3.8) is 0 Å². The zero-order valence-corrected chi connectivity index (χ0v) is 25.4. The molecule has 1 rings (SSSR count). The Hall–Kier alpha value is -1.52. The summed E-state index contributed by atoms with van der Waals surface area (Å²) in [4.78, 5) is 20.8. The van der Waals surface area contributed by atoms with Gasteiger partial charge in [0.15, 0.2) is 12.6 Å². The molecule has 9 unspecified atom stereocenters. The van der Waals surface area contributed by atoms with Crippen LogP contribution in [-0.4, -0.2) is 127 Å². The van der Waals surface area contributed by atoms with Crippen molar-refractivity contribution in [1.82, 2.24) is 0 Å². The molecule has 0 aromatic rings. The van der Waals surface area contributed by atoms with Gasteiger partial charge in [-0.1, -0.05) is 70.4 Å². The first kappa shape index (κ1) is 41.5. The number of carbonyl (C=O) groups is 2. The molecule has 0 saturated carbocycles. The molecule has 1 saturated heterocycles. The van der Waals surface area contributed by atoms with Gasteiger partial charge in [0.1, 0.15) is 48.8 Å². The van der Waals surface area contributed by atoms with E-state index >= 15 is 0 Å². The van der Waals surface area contributed by atoms with Crippen molar-refractivity contribution in [2.75, 3.05) is 13.2 Å². The number of allylic oxidation sites excluding steroid dienone is 2. The highest BCUT2D eigenvalue weighted by molar-refractivity contribution is 5.66. The lowest BCUT2D eigenvalue weighted by molar-refractivity contribution is -0.326. The van der Waals surface area contributed by atoms with Crippen LogP contribution in [0.4, 0.5) is 0 Å². The van der Waals surface area contributed by atoms with Crippen LogP contribution in [0.5, 0.6) is 0 Å². The van der Waals surface area contributed by atoms with Crippen LogP contribution in [0.15, 0.2) is 12.2 Å². The molecular formula is C30H56O13. The van der Waals surface area contributed by atoms with Gasteiger partial charge < -0.3 is 60.2 Å². The predicted octanol–water partition coefficient (Wildman–Crippen LogP) is 0.554. The maximum atomic E-state index is 10.5. The second-order valence-corrected chi connectivity index (χ2v) is 10.9. The summed E-state index contributed by atoms with van der Waals surface area (Å²) in [6.45, 7) is 0.622. The van der Waals surface area contributed by atoms with E-state index < -0.39 is 74.3 Å². The number of aliphatic hydroxyl groups excluding tert-OH is 8. The van der Waals surface area contributed by atoms with Crippen molar-refractivity contribution in [2.24, 2.45) is 0 Å². The second-order valence-electron chi connectivity index (χ2n) is 10.9. The predicted molar refractivity (Wildman–Crippen MR) is 157 cm³/mol. The Bertz CT molecular complexity index is 720. The van der Waals surface area contributed by atoms with Gasteiger partial charge >= 0.3 is 5.97 Å².